The highest BCUT2D eigenvalue weighted by Crippen LogP contribution is 2.26. The Kier molecular flexibility index (Phi) is 4.11. The monoisotopic (exact) mass is 273 g/mol. The lowest BCUT2D eigenvalue weighted by Gasteiger charge is -2.19. The molecule has 0 atom stereocenters. The zero-order valence-electron chi connectivity index (χ0n) is 11.0. The fourth-order valence-corrected chi connectivity index (χ4v) is 1.83. The van der Waals surface area contributed by atoms with E-state index in [-0.39, 0.29) is 5.69 Å². The van der Waals surface area contributed by atoms with E-state index in [1.165, 1.54) is 12.1 Å². The third kappa shape index (κ3) is 3.21. The molecular formula is C13H15N5O2. The molecule has 0 spiro atoms. The minimum absolute atomic E-state index is 0.0108. The summed E-state index contributed by atoms with van der Waals surface area (Å²) >= 11 is 0. The molecule has 0 aliphatic carbocycles. The van der Waals surface area contributed by atoms with Gasteiger partial charge in [-0.2, -0.15) is 0 Å². The summed E-state index contributed by atoms with van der Waals surface area (Å²) in [6.45, 7) is 0.548. The Hall–Kier alpha value is -2.67. The molecule has 0 aliphatic heterocycles. The first-order valence-corrected chi connectivity index (χ1v) is 5.97. The Morgan fingerprint density at radius 3 is 2.80 bits per heavy atom. The van der Waals surface area contributed by atoms with Crippen molar-refractivity contribution < 1.29 is 4.92 Å². The normalized spacial score (nSPS) is 10.1. The number of hydrazine groups is 1. The molecular weight excluding hydrogens is 258 g/mol. The van der Waals surface area contributed by atoms with Crippen LogP contribution in [0, 0.1) is 10.1 Å². The van der Waals surface area contributed by atoms with Crippen LogP contribution in [0.25, 0.3) is 0 Å². The van der Waals surface area contributed by atoms with Crippen LogP contribution in [0.5, 0.6) is 0 Å². The molecule has 2 rings (SSSR count). The van der Waals surface area contributed by atoms with Gasteiger partial charge in [-0.1, -0.05) is 6.07 Å². The zero-order chi connectivity index (χ0) is 14.5. The summed E-state index contributed by atoms with van der Waals surface area (Å²) in [6, 6.07) is 10.3. The van der Waals surface area contributed by atoms with Crippen LogP contribution in [-0.2, 0) is 6.54 Å². The lowest BCUT2D eigenvalue weighted by molar-refractivity contribution is -0.384. The molecule has 104 valence electrons. The summed E-state index contributed by atoms with van der Waals surface area (Å²) in [5.41, 5.74) is 4.48. The van der Waals surface area contributed by atoms with Crippen LogP contribution >= 0.6 is 0 Å². The highest BCUT2D eigenvalue weighted by Gasteiger charge is 2.12. The van der Waals surface area contributed by atoms with Crippen LogP contribution in [0.15, 0.2) is 42.6 Å². The zero-order valence-corrected chi connectivity index (χ0v) is 11.0. The quantitative estimate of drug-likeness (QED) is 0.490. The van der Waals surface area contributed by atoms with Crippen molar-refractivity contribution in [2.45, 2.75) is 6.54 Å². The van der Waals surface area contributed by atoms with Crippen LogP contribution in [0.4, 0.5) is 17.1 Å². The second-order valence-corrected chi connectivity index (χ2v) is 4.32. The molecule has 0 radical (unpaired) electrons. The summed E-state index contributed by atoms with van der Waals surface area (Å²) < 4.78 is 0. The van der Waals surface area contributed by atoms with Crippen molar-refractivity contribution in [3.63, 3.8) is 0 Å². The standard InChI is InChI=1S/C13H15N5O2/c1-17(9-10-4-2-3-5-15-10)12-6-11(16-14)7-13(8-12)18(19)20/h2-8,16H,9,14H2,1H3. The van der Waals surface area contributed by atoms with Crippen molar-refractivity contribution >= 4 is 17.1 Å². The third-order valence-electron chi connectivity index (χ3n) is 2.85. The molecule has 7 nitrogen and oxygen atoms in total. The number of nitro groups is 1. The summed E-state index contributed by atoms with van der Waals surface area (Å²) in [6.07, 6.45) is 1.71. The van der Waals surface area contributed by atoms with Gasteiger partial charge < -0.3 is 10.3 Å². The van der Waals surface area contributed by atoms with Crippen molar-refractivity contribution in [1.29, 1.82) is 0 Å². The number of non-ortho nitro benzene ring substituents is 1. The number of benzene rings is 1. The van der Waals surface area contributed by atoms with Crippen molar-refractivity contribution in [3.05, 3.63) is 58.4 Å². The molecule has 7 heteroatoms. The van der Waals surface area contributed by atoms with Crippen LogP contribution in [0.2, 0.25) is 0 Å². The van der Waals surface area contributed by atoms with Crippen LogP contribution in [0.3, 0.4) is 0 Å². The van der Waals surface area contributed by atoms with Crippen LogP contribution in [-0.4, -0.2) is 17.0 Å². The van der Waals surface area contributed by atoms with E-state index in [0.717, 1.165) is 5.69 Å². The predicted octanol–water partition coefficient (Wildman–Crippen LogP) is 1.91. The molecule has 0 fully saturated rings. The van der Waals surface area contributed by atoms with E-state index in [1.807, 2.05) is 30.1 Å². The maximum absolute atomic E-state index is 10.9. The smallest absolute Gasteiger partial charge is 0.273 e. The highest BCUT2D eigenvalue weighted by molar-refractivity contribution is 5.63. The molecule has 3 N–H and O–H groups in total. The summed E-state index contributed by atoms with van der Waals surface area (Å²) in [7, 11) is 1.84. The molecule has 0 saturated heterocycles. The molecule has 1 heterocycles. The average molecular weight is 273 g/mol. The minimum Gasteiger partial charge on any atom is -0.368 e. The Labute approximate surface area is 116 Å². The van der Waals surface area contributed by atoms with E-state index in [1.54, 1.807) is 12.3 Å². The Morgan fingerprint density at radius 2 is 2.20 bits per heavy atom. The predicted molar refractivity (Wildman–Crippen MR) is 77.3 cm³/mol. The van der Waals surface area contributed by atoms with Crippen LogP contribution < -0.4 is 16.2 Å². The summed E-state index contributed by atoms with van der Waals surface area (Å²) in [4.78, 5) is 16.6. The van der Waals surface area contributed by atoms with E-state index >= 15 is 0 Å². The third-order valence-corrected chi connectivity index (χ3v) is 2.85. The van der Waals surface area contributed by atoms with Gasteiger partial charge in [0.2, 0.25) is 0 Å². The number of nitrogen functional groups attached to an aromatic ring is 1. The number of pyridine rings is 1. The fraction of sp³-hybridized carbons (Fsp3) is 0.154. The van der Waals surface area contributed by atoms with Gasteiger partial charge in [-0.25, -0.2) is 0 Å². The molecule has 0 amide bonds. The number of anilines is 2. The lowest BCUT2D eigenvalue weighted by Crippen LogP contribution is -2.18. The molecule has 20 heavy (non-hydrogen) atoms. The van der Waals surface area contributed by atoms with E-state index < -0.39 is 4.92 Å². The van der Waals surface area contributed by atoms with E-state index in [2.05, 4.69) is 10.4 Å². The topological polar surface area (TPSA) is 97.3 Å². The Morgan fingerprint density at radius 1 is 1.40 bits per heavy atom. The first-order valence-electron chi connectivity index (χ1n) is 5.97. The number of rotatable bonds is 5. The molecule has 0 aliphatic rings. The number of hydrogen-bond donors (Lipinski definition) is 2. The van der Waals surface area contributed by atoms with E-state index in [0.29, 0.717) is 17.9 Å². The molecule has 1 aromatic heterocycles. The van der Waals surface area contributed by atoms with Gasteiger partial charge in [0.25, 0.3) is 5.69 Å². The van der Waals surface area contributed by atoms with Gasteiger partial charge in [0.05, 0.1) is 22.8 Å². The van der Waals surface area contributed by atoms with Crippen molar-refractivity contribution in [2.24, 2.45) is 5.84 Å². The molecule has 1 aromatic carbocycles. The van der Waals surface area contributed by atoms with Gasteiger partial charge in [-0.3, -0.25) is 20.9 Å². The largest absolute Gasteiger partial charge is 0.368 e. The van der Waals surface area contributed by atoms with E-state index in [9.17, 15) is 10.1 Å². The highest BCUT2D eigenvalue weighted by atomic mass is 16.6. The number of nitrogens with zero attached hydrogens (tertiary/aromatic N) is 3. The number of nitrogens with one attached hydrogen (secondary N) is 1. The molecule has 0 unspecified atom stereocenters. The Bertz CT molecular complexity index is 603. The van der Waals surface area contributed by atoms with Gasteiger partial charge in [0.15, 0.2) is 0 Å². The first kappa shape index (κ1) is 13.8. The van der Waals surface area contributed by atoms with Gasteiger partial charge in [-0.05, 0) is 18.2 Å². The maximum Gasteiger partial charge on any atom is 0.273 e. The minimum atomic E-state index is -0.445. The number of nitro benzene ring substituents is 1. The van der Waals surface area contributed by atoms with Crippen molar-refractivity contribution in [2.75, 3.05) is 17.4 Å². The average Bonchev–Trinajstić information content (AvgIpc) is 2.47. The second-order valence-electron chi connectivity index (χ2n) is 4.32. The molecule has 0 saturated carbocycles. The van der Waals surface area contributed by atoms with Gasteiger partial charge in [-0.15, -0.1) is 0 Å². The van der Waals surface area contributed by atoms with Crippen LogP contribution in [0.1, 0.15) is 5.69 Å². The van der Waals surface area contributed by atoms with Gasteiger partial charge in [0, 0.05) is 31.1 Å². The van der Waals surface area contributed by atoms with Gasteiger partial charge >= 0.3 is 0 Å². The van der Waals surface area contributed by atoms with Crippen molar-refractivity contribution in [1.82, 2.24) is 4.98 Å². The molecule has 0 bridgehead atoms. The second kappa shape index (κ2) is 5.98. The maximum atomic E-state index is 10.9. The first-order chi connectivity index (χ1) is 9.60. The number of aromatic nitrogens is 1. The summed E-state index contributed by atoms with van der Waals surface area (Å²) in [5, 5.41) is 10.9. The Balaban J connectivity index is 2.27. The van der Waals surface area contributed by atoms with Gasteiger partial charge in [0.1, 0.15) is 0 Å². The lowest BCUT2D eigenvalue weighted by atomic mass is 10.2. The molecule has 2 aromatic rings. The number of hydrogen-bond acceptors (Lipinski definition) is 6. The SMILES string of the molecule is CN(Cc1ccccn1)c1cc(NN)cc([N+](=O)[O-])c1. The number of nitrogens with two attached hydrogens (primary N) is 1. The fourth-order valence-electron chi connectivity index (χ4n) is 1.83. The van der Waals surface area contributed by atoms with E-state index in [4.69, 9.17) is 5.84 Å². The van der Waals surface area contributed by atoms with Crippen molar-refractivity contribution in [3.8, 4) is 0 Å². The summed E-state index contributed by atoms with van der Waals surface area (Å²) in [5.74, 6) is 5.34.